The van der Waals surface area contributed by atoms with Crippen LogP contribution >= 0.6 is 0 Å². The highest BCUT2D eigenvalue weighted by Gasteiger charge is 1.96. The highest BCUT2D eigenvalue weighted by molar-refractivity contribution is 5.31. The Kier molecular flexibility index (Phi) is 6.30. The zero-order chi connectivity index (χ0) is 14.1. The predicted octanol–water partition coefficient (Wildman–Crippen LogP) is 3.83. The highest BCUT2D eigenvalue weighted by atomic mass is 16.3. The first kappa shape index (κ1) is 14.9. The van der Waals surface area contributed by atoms with Gasteiger partial charge in [-0.15, -0.1) is 0 Å². The zero-order valence-electron chi connectivity index (χ0n) is 11.1. The van der Waals surface area contributed by atoms with Crippen molar-refractivity contribution in [3.63, 3.8) is 0 Å². The summed E-state index contributed by atoms with van der Waals surface area (Å²) in [5.74, 6) is 0.607. The van der Waals surface area contributed by atoms with Crippen molar-refractivity contribution in [1.82, 2.24) is 0 Å². The van der Waals surface area contributed by atoms with Crippen molar-refractivity contribution in [1.29, 1.82) is 0 Å². The minimum absolute atomic E-state index is 0.0880. The fourth-order valence-corrected chi connectivity index (χ4v) is 1.58. The van der Waals surface area contributed by atoms with Gasteiger partial charge >= 0.3 is 0 Å². The van der Waals surface area contributed by atoms with Crippen LogP contribution in [-0.4, -0.2) is 15.3 Å². The number of para-hydroxylation sites is 1. The van der Waals surface area contributed by atoms with Crippen molar-refractivity contribution in [2.24, 2.45) is 0 Å². The Hall–Kier alpha value is -2.16. The van der Waals surface area contributed by atoms with Crippen LogP contribution in [-0.2, 0) is 6.42 Å². The van der Waals surface area contributed by atoms with E-state index < -0.39 is 0 Å². The number of phenols is 3. The molecule has 0 heterocycles. The quantitative estimate of drug-likeness (QED) is 0.786. The topological polar surface area (TPSA) is 60.7 Å². The molecule has 0 aliphatic rings. The Morgan fingerprint density at radius 1 is 0.842 bits per heavy atom. The standard InChI is InChI=1S/C10H14O.C6H6O2/c1-2-3-6-9-7-4-5-8-10(9)11;7-5-2-1-3-6(8)4-5/h4-5,7-8,11H,2-3,6H2,1H3;1-4,7-8H. The van der Waals surface area contributed by atoms with E-state index in [9.17, 15) is 5.11 Å². The van der Waals surface area contributed by atoms with Gasteiger partial charge in [-0.25, -0.2) is 0 Å². The first-order valence-corrected chi connectivity index (χ1v) is 6.38. The lowest BCUT2D eigenvalue weighted by molar-refractivity contribution is 0.450. The van der Waals surface area contributed by atoms with E-state index in [1.807, 2.05) is 18.2 Å². The third kappa shape index (κ3) is 5.82. The number of phenolic OH excluding ortho intramolecular Hbond substituents is 3. The Labute approximate surface area is 113 Å². The lowest BCUT2D eigenvalue weighted by Crippen LogP contribution is -1.83. The average molecular weight is 260 g/mol. The largest absolute Gasteiger partial charge is 0.508 e. The number of unbranched alkanes of at least 4 members (excludes halogenated alkanes) is 1. The van der Waals surface area contributed by atoms with Gasteiger partial charge in [0.15, 0.2) is 0 Å². The first-order valence-electron chi connectivity index (χ1n) is 6.38. The summed E-state index contributed by atoms with van der Waals surface area (Å²) in [5, 5.41) is 26.6. The Morgan fingerprint density at radius 2 is 1.47 bits per heavy atom. The van der Waals surface area contributed by atoms with Crippen LogP contribution in [0.25, 0.3) is 0 Å². The van der Waals surface area contributed by atoms with Gasteiger partial charge in [0.05, 0.1) is 0 Å². The van der Waals surface area contributed by atoms with E-state index in [-0.39, 0.29) is 11.5 Å². The molecule has 2 aromatic rings. The van der Waals surface area contributed by atoms with Crippen LogP contribution in [0.4, 0.5) is 0 Å². The fraction of sp³-hybridized carbons (Fsp3) is 0.250. The zero-order valence-corrected chi connectivity index (χ0v) is 11.1. The lowest BCUT2D eigenvalue weighted by Gasteiger charge is -2.01. The Balaban J connectivity index is 0.000000200. The highest BCUT2D eigenvalue weighted by Crippen LogP contribution is 2.17. The van der Waals surface area contributed by atoms with Crippen LogP contribution in [0.5, 0.6) is 17.2 Å². The van der Waals surface area contributed by atoms with E-state index in [4.69, 9.17) is 10.2 Å². The lowest BCUT2D eigenvalue weighted by atomic mass is 10.1. The van der Waals surface area contributed by atoms with Gasteiger partial charge in [0.2, 0.25) is 0 Å². The monoisotopic (exact) mass is 260 g/mol. The van der Waals surface area contributed by atoms with Crippen molar-refractivity contribution in [2.75, 3.05) is 0 Å². The molecule has 0 saturated heterocycles. The van der Waals surface area contributed by atoms with Gasteiger partial charge in [0.25, 0.3) is 0 Å². The van der Waals surface area contributed by atoms with E-state index in [1.165, 1.54) is 24.6 Å². The Bertz CT molecular complexity index is 478. The van der Waals surface area contributed by atoms with Crippen LogP contribution in [0, 0.1) is 0 Å². The molecule has 0 fully saturated rings. The molecule has 0 unspecified atom stereocenters. The summed E-state index contributed by atoms with van der Waals surface area (Å²) in [5.41, 5.74) is 1.06. The maximum absolute atomic E-state index is 9.34. The minimum Gasteiger partial charge on any atom is -0.508 e. The number of aromatic hydroxyl groups is 3. The molecule has 0 aliphatic carbocycles. The van der Waals surface area contributed by atoms with Gasteiger partial charge in [-0.05, 0) is 36.6 Å². The van der Waals surface area contributed by atoms with E-state index in [0.717, 1.165) is 18.4 Å². The average Bonchev–Trinajstić information content (AvgIpc) is 2.38. The van der Waals surface area contributed by atoms with Gasteiger partial charge in [-0.3, -0.25) is 0 Å². The van der Waals surface area contributed by atoms with Crippen LogP contribution in [0.3, 0.4) is 0 Å². The predicted molar refractivity (Wildman–Crippen MR) is 76.5 cm³/mol. The fourth-order valence-electron chi connectivity index (χ4n) is 1.58. The van der Waals surface area contributed by atoms with Gasteiger partial charge in [-0.1, -0.05) is 37.6 Å². The molecule has 0 saturated carbocycles. The molecule has 2 rings (SSSR count). The second kappa shape index (κ2) is 8.03. The molecule has 0 aromatic heterocycles. The summed E-state index contributed by atoms with van der Waals surface area (Å²) in [6.07, 6.45) is 3.31. The molecule has 19 heavy (non-hydrogen) atoms. The van der Waals surface area contributed by atoms with Crippen molar-refractivity contribution >= 4 is 0 Å². The van der Waals surface area contributed by atoms with Crippen molar-refractivity contribution in [3.05, 3.63) is 54.1 Å². The number of rotatable bonds is 3. The third-order valence-corrected chi connectivity index (χ3v) is 2.62. The number of hydrogen-bond donors (Lipinski definition) is 3. The SMILES string of the molecule is CCCCc1ccccc1O.Oc1cccc(O)c1. The normalized spacial score (nSPS) is 9.53. The molecule has 2 aromatic carbocycles. The molecule has 0 aliphatic heterocycles. The van der Waals surface area contributed by atoms with Crippen LogP contribution in [0.2, 0.25) is 0 Å². The molecule has 0 spiro atoms. The molecule has 3 nitrogen and oxygen atoms in total. The molecule has 102 valence electrons. The Morgan fingerprint density at radius 3 is 1.95 bits per heavy atom. The smallest absolute Gasteiger partial charge is 0.119 e. The van der Waals surface area contributed by atoms with Crippen molar-refractivity contribution in [3.8, 4) is 17.2 Å². The molecule has 0 radical (unpaired) electrons. The molecule has 0 atom stereocenters. The van der Waals surface area contributed by atoms with Gasteiger partial charge < -0.3 is 15.3 Å². The number of benzene rings is 2. The summed E-state index contributed by atoms with van der Waals surface area (Å²) in [4.78, 5) is 0. The summed E-state index contributed by atoms with van der Waals surface area (Å²) in [6, 6.07) is 13.4. The summed E-state index contributed by atoms with van der Waals surface area (Å²) >= 11 is 0. The molecular weight excluding hydrogens is 240 g/mol. The van der Waals surface area contributed by atoms with Gasteiger partial charge in [0.1, 0.15) is 17.2 Å². The van der Waals surface area contributed by atoms with E-state index in [2.05, 4.69) is 6.92 Å². The number of aryl methyl sites for hydroxylation is 1. The molecule has 0 bridgehead atoms. The van der Waals surface area contributed by atoms with Gasteiger partial charge in [-0.2, -0.15) is 0 Å². The third-order valence-electron chi connectivity index (χ3n) is 2.62. The molecule has 3 N–H and O–H groups in total. The van der Waals surface area contributed by atoms with E-state index >= 15 is 0 Å². The van der Waals surface area contributed by atoms with Gasteiger partial charge in [0, 0.05) is 6.07 Å². The molecular formula is C16H20O3. The van der Waals surface area contributed by atoms with Crippen LogP contribution in [0.15, 0.2) is 48.5 Å². The minimum atomic E-state index is 0.0880. The number of hydrogen-bond acceptors (Lipinski definition) is 3. The second-order valence-electron chi connectivity index (χ2n) is 4.25. The van der Waals surface area contributed by atoms with E-state index in [1.54, 1.807) is 12.1 Å². The maximum atomic E-state index is 9.34. The molecule has 3 heteroatoms. The van der Waals surface area contributed by atoms with Crippen molar-refractivity contribution in [2.45, 2.75) is 26.2 Å². The van der Waals surface area contributed by atoms with Crippen LogP contribution < -0.4 is 0 Å². The maximum Gasteiger partial charge on any atom is 0.119 e. The first-order chi connectivity index (χ1) is 9.13. The molecule has 0 amide bonds. The second-order valence-corrected chi connectivity index (χ2v) is 4.25. The van der Waals surface area contributed by atoms with Crippen molar-refractivity contribution < 1.29 is 15.3 Å². The summed E-state index contributed by atoms with van der Waals surface area (Å²) in [6.45, 7) is 2.15. The van der Waals surface area contributed by atoms with Crippen LogP contribution in [0.1, 0.15) is 25.3 Å². The summed E-state index contributed by atoms with van der Waals surface area (Å²) in [7, 11) is 0. The van der Waals surface area contributed by atoms with E-state index in [0.29, 0.717) is 5.75 Å². The summed E-state index contributed by atoms with van der Waals surface area (Å²) < 4.78 is 0.